The average Bonchev–Trinajstić information content (AvgIpc) is 3.28. The van der Waals surface area contributed by atoms with Crippen LogP contribution in [-0.4, -0.2) is 47.4 Å². The molecule has 1 aliphatic rings. The lowest BCUT2D eigenvalue weighted by molar-refractivity contribution is -0.00807. The maximum Gasteiger partial charge on any atom is 0.194 e. The van der Waals surface area contributed by atoms with Crippen molar-refractivity contribution in [3.63, 3.8) is 0 Å². The number of hydrogen-bond acceptors (Lipinski definition) is 4. The number of fused-ring (bicyclic) bond motifs is 1. The highest BCUT2D eigenvalue weighted by Crippen LogP contribution is 2.22. The molecular weight excluding hydrogens is 330 g/mol. The van der Waals surface area contributed by atoms with Gasteiger partial charge < -0.3 is 19.4 Å². The van der Waals surface area contributed by atoms with Crippen LogP contribution in [0.25, 0.3) is 11.0 Å². The summed E-state index contributed by atoms with van der Waals surface area (Å²) in [7, 11) is 3.72. The number of hydrogen-bond donors (Lipinski definition) is 1. The third kappa shape index (κ3) is 3.43. The first-order valence-corrected chi connectivity index (χ1v) is 8.76. The Morgan fingerprint density at radius 2 is 2.27 bits per heavy atom. The number of guanidine groups is 1. The molecule has 1 atom stereocenters. The van der Waals surface area contributed by atoms with Gasteiger partial charge in [-0.3, -0.25) is 9.67 Å². The number of para-hydroxylation sites is 1. The standard InChI is InChI=1S/C19H23N5O2/c1-20-19(21-11-16-9-14-5-3-4-6-17(14)26-16)24-7-8-25-18(13-24)15-10-22-23(2)12-15/h3-6,9-10,12,18H,7-8,11,13H2,1-2H3,(H,20,21). The van der Waals surface area contributed by atoms with Crippen molar-refractivity contribution in [3.8, 4) is 0 Å². The smallest absolute Gasteiger partial charge is 0.194 e. The third-order valence-corrected chi connectivity index (χ3v) is 4.57. The van der Waals surface area contributed by atoms with Crippen LogP contribution in [0.5, 0.6) is 0 Å². The second kappa shape index (κ2) is 7.21. The number of benzene rings is 1. The van der Waals surface area contributed by atoms with Crippen molar-refractivity contribution >= 4 is 16.9 Å². The van der Waals surface area contributed by atoms with Crippen molar-refractivity contribution in [3.05, 3.63) is 54.0 Å². The first kappa shape index (κ1) is 16.7. The molecule has 4 rings (SSSR count). The fourth-order valence-electron chi connectivity index (χ4n) is 3.27. The molecule has 7 nitrogen and oxygen atoms in total. The number of aryl methyl sites for hydroxylation is 1. The monoisotopic (exact) mass is 353 g/mol. The lowest BCUT2D eigenvalue weighted by Crippen LogP contribution is -2.47. The highest BCUT2D eigenvalue weighted by Gasteiger charge is 2.25. The number of ether oxygens (including phenoxy) is 1. The zero-order valence-corrected chi connectivity index (χ0v) is 15.1. The first-order chi connectivity index (χ1) is 12.7. The van der Waals surface area contributed by atoms with Crippen LogP contribution < -0.4 is 5.32 Å². The molecule has 136 valence electrons. The summed E-state index contributed by atoms with van der Waals surface area (Å²) in [5.74, 6) is 1.74. The zero-order chi connectivity index (χ0) is 17.9. The Labute approximate surface area is 152 Å². The molecule has 7 heteroatoms. The maximum absolute atomic E-state index is 5.91. The topological polar surface area (TPSA) is 67.8 Å². The molecule has 0 radical (unpaired) electrons. The Kier molecular flexibility index (Phi) is 4.62. The molecule has 1 N–H and O–H groups in total. The van der Waals surface area contributed by atoms with Gasteiger partial charge in [-0.2, -0.15) is 5.10 Å². The minimum absolute atomic E-state index is 0.00204. The second-order valence-electron chi connectivity index (χ2n) is 6.40. The Morgan fingerprint density at radius 3 is 3.04 bits per heavy atom. The summed E-state index contributed by atoms with van der Waals surface area (Å²) in [5.41, 5.74) is 1.99. The second-order valence-corrected chi connectivity index (χ2v) is 6.40. The van der Waals surface area contributed by atoms with Crippen LogP contribution in [0.2, 0.25) is 0 Å². The van der Waals surface area contributed by atoms with Crippen LogP contribution in [0.4, 0.5) is 0 Å². The fourth-order valence-corrected chi connectivity index (χ4v) is 3.27. The fraction of sp³-hybridized carbons (Fsp3) is 0.368. The number of nitrogens with one attached hydrogen (secondary N) is 1. The number of rotatable bonds is 3. The average molecular weight is 353 g/mol. The summed E-state index contributed by atoms with van der Waals surface area (Å²) in [4.78, 5) is 6.64. The van der Waals surface area contributed by atoms with E-state index in [1.54, 1.807) is 11.7 Å². The molecule has 0 saturated carbocycles. The van der Waals surface area contributed by atoms with Crippen molar-refractivity contribution < 1.29 is 9.15 Å². The highest BCUT2D eigenvalue weighted by atomic mass is 16.5. The number of aromatic nitrogens is 2. The van der Waals surface area contributed by atoms with Crippen LogP contribution in [-0.2, 0) is 18.3 Å². The summed E-state index contributed by atoms with van der Waals surface area (Å²) in [6.45, 7) is 2.79. The predicted molar refractivity (Wildman–Crippen MR) is 99.9 cm³/mol. The summed E-state index contributed by atoms with van der Waals surface area (Å²) < 4.78 is 13.6. The maximum atomic E-state index is 5.91. The van der Waals surface area contributed by atoms with Gasteiger partial charge in [0.25, 0.3) is 0 Å². The van der Waals surface area contributed by atoms with Crippen molar-refractivity contribution in [2.75, 3.05) is 26.7 Å². The van der Waals surface area contributed by atoms with Crippen LogP contribution >= 0.6 is 0 Å². The Bertz CT molecular complexity index is 880. The molecule has 1 saturated heterocycles. The molecule has 3 heterocycles. The van der Waals surface area contributed by atoms with Crippen molar-refractivity contribution in [2.45, 2.75) is 12.6 Å². The molecule has 3 aromatic rings. The van der Waals surface area contributed by atoms with E-state index in [9.17, 15) is 0 Å². The molecule has 1 aliphatic heterocycles. The number of nitrogens with zero attached hydrogens (tertiary/aromatic N) is 4. The molecule has 0 aliphatic carbocycles. The molecule has 0 spiro atoms. The van der Waals surface area contributed by atoms with E-state index in [1.807, 2.05) is 37.6 Å². The van der Waals surface area contributed by atoms with Crippen LogP contribution in [0.1, 0.15) is 17.4 Å². The number of furan rings is 1. The van der Waals surface area contributed by atoms with Gasteiger partial charge in [0.15, 0.2) is 5.96 Å². The summed E-state index contributed by atoms with van der Waals surface area (Å²) >= 11 is 0. The van der Waals surface area contributed by atoms with Gasteiger partial charge in [-0.25, -0.2) is 0 Å². The molecule has 1 aromatic carbocycles. The van der Waals surface area contributed by atoms with Gasteiger partial charge in [0.05, 0.1) is 25.9 Å². The van der Waals surface area contributed by atoms with Crippen LogP contribution in [0, 0.1) is 0 Å². The van der Waals surface area contributed by atoms with Gasteiger partial charge in [0.2, 0.25) is 0 Å². The Hall–Kier alpha value is -2.80. The first-order valence-electron chi connectivity index (χ1n) is 8.76. The molecule has 1 unspecified atom stereocenters. The van der Waals surface area contributed by atoms with Crippen molar-refractivity contribution in [1.82, 2.24) is 20.0 Å². The van der Waals surface area contributed by atoms with Gasteiger partial charge in [-0.15, -0.1) is 0 Å². The van der Waals surface area contributed by atoms with E-state index in [2.05, 4.69) is 32.4 Å². The lowest BCUT2D eigenvalue weighted by Gasteiger charge is -2.34. The SMILES string of the molecule is CN=C(NCc1cc2ccccc2o1)N1CCOC(c2cnn(C)c2)C1. The van der Waals surface area contributed by atoms with Gasteiger partial charge in [0, 0.05) is 37.8 Å². The van der Waals surface area contributed by atoms with E-state index in [4.69, 9.17) is 9.15 Å². The normalized spacial score (nSPS) is 18.5. The zero-order valence-electron chi connectivity index (χ0n) is 15.1. The number of morpholine rings is 1. The Balaban J connectivity index is 1.41. The van der Waals surface area contributed by atoms with Gasteiger partial charge >= 0.3 is 0 Å². The lowest BCUT2D eigenvalue weighted by atomic mass is 10.1. The molecule has 1 fully saturated rings. The van der Waals surface area contributed by atoms with Gasteiger partial charge in [-0.1, -0.05) is 18.2 Å². The van der Waals surface area contributed by atoms with E-state index >= 15 is 0 Å². The van der Waals surface area contributed by atoms with E-state index < -0.39 is 0 Å². The summed E-state index contributed by atoms with van der Waals surface area (Å²) in [6, 6.07) is 10.1. The number of aliphatic imine (C=N–C) groups is 1. The molecule has 26 heavy (non-hydrogen) atoms. The van der Waals surface area contributed by atoms with Gasteiger partial charge in [-0.05, 0) is 12.1 Å². The van der Waals surface area contributed by atoms with Crippen LogP contribution in [0.15, 0.2) is 52.1 Å². The molecular formula is C19H23N5O2. The predicted octanol–water partition coefficient (Wildman–Crippen LogP) is 2.32. The Morgan fingerprint density at radius 1 is 1.38 bits per heavy atom. The minimum Gasteiger partial charge on any atom is -0.459 e. The largest absolute Gasteiger partial charge is 0.459 e. The van der Waals surface area contributed by atoms with Crippen LogP contribution in [0.3, 0.4) is 0 Å². The molecule has 2 aromatic heterocycles. The highest BCUT2D eigenvalue weighted by molar-refractivity contribution is 5.80. The summed E-state index contributed by atoms with van der Waals surface area (Å²) in [5, 5.41) is 8.75. The van der Waals surface area contributed by atoms with E-state index in [1.165, 1.54) is 0 Å². The van der Waals surface area contributed by atoms with Crippen molar-refractivity contribution in [2.24, 2.45) is 12.0 Å². The van der Waals surface area contributed by atoms with E-state index in [0.717, 1.165) is 41.3 Å². The minimum atomic E-state index is 0.00204. The van der Waals surface area contributed by atoms with E-state index in [-0.39, 0.29) is 6.10 Å². The van der Waals surface area contributed by atoms with E-state index in [0.29, 0.717) is 13.2 Å². The molecule has 0 bridgehead atoms. The third-order valence-electron chi connectivity index (χ3n) is 4.57. The quantitative estimate of drug-likeness (QED) is 0.578. The summed E-state index contributed by atoms with van der Waals surface area (Å²) in [6.07, 6.45) is 3.86. The molecule has 0 amide bonds. The van der Waals surface area contributed by atoms with Gasteiger partial charge in [0.1, 0.15) is 17.4 Å². The van der Waals surface area contributed by atoms with Crippen molar-refractivity contribution in [1.29, 1.82) is 0 Å².